The van der Waals surface area contributed by atoms with Crippen molar-refractivity contribution in [3.8, 4) is 5.75 Å². The zero-order valence-corrected chi connectivity index (χ0v) is 11.0. The molecule has 1 fully saturated rings. The van der Waals surface area contributed by atoms with Gasteiger partial charge in [-0.1, -0.05) is 6.42 Å². The van der Waals surface area contributed by atoms with E-state index in [0.717, 1.165) is 11.6 Å². The predicted molar refractivity (Wildman–Crippen MR) is 69.5 cm³/mol. The van der Waals surface area contributed by atoms with Gasteiger partial charge in [-0.3, -0.25) is 5.43 Å². The molecule has 0 spiro atoms. The molecule has 1 aromatic rings. The maximum absolute atomic E-state index is 13.1. The first kappa shape index (κ1) is 13.3. The number of hydrogen-bond acceptors (Lipinski definition) is 3. The van der Waals surface area contributed by atoms with E-state index in [1.807, 2.05) is 0 Å². The van der Waals surface area contributed by atoms with E-state index < -0.39 is 5.82 Å². The molecule has 2 rings (SSSR count). The van der Waals surface area contributed by atoms with Crippen LogP contribution in [0.25, 0.3) is 0 Å². The van der Waals surface area contributed by atoms with Crippen molar-refractivity contribution in [2.75, 3.05) is 0 Å². The molecule has 1 aliphatic heterocycles. The quantitative estimate of drug-likeness (QED) is 0.868. The Labute approximate surface area is 108 Å². The van der Waals surface area contributed by atoms with Gasteiger partial charge in [-0.25, -0.2) is 9.40 Å². The topological polar surface area (TPSA) is 35.5 Å². The third-order valence-corrected chi connectivity index (χ3v) is 3.60. The van der Waals surface area contributed by atoms with Crippen molar-refractivity contribution < 1.29 is 9.50 Å². The van der Waals surface area contributed by atoms with Crippen molar-refractivity contribution in [1.82, 2.24) is 10.4 Å². The van der Waals surface area contributed by atoms with Crippen LogP contribution in [0.2, 0.25) is 0 Å². The SMILES string of the molecule is CC1CCCC(C)N1NCc1cc(O)cc(F)c1. The Balaban J connectivity index is 1.97. The molecule has 4 heteroatoms. The lowest BCUT2D eigenvalue weighted by molar-refractivity contribution is 0.0435. The monoisotopic (exact) mass is 252 g/mol. The number of phenols is 1. The fourth-order valence-electron chi connectivity index (χ4n) is 2.65. The van der Waals surface area contributed by atoms with Crippen LogP contribution in [0.15, 0.2) is 18.2 Å². The summed E-state index contributed by atoms with van der Waals surface area (Å²) in [6, 6.07) is 5.16. The van der Waals surface area contributed by atoms with Crippen LogP contribution in [0.1, 0.15) is 38.7 Å². The molecular formula is C14H21FN2O. The number of hydrazine groups is 1. The summed E-state index contributed by atoms with van der Waals surface area (Å²) in [5, 5.41) is 11.6. The standard InChI is InChI=1S/C14H21FN2O/c1-10-4-3-5-11(2)17(10)16-9-12-6-13(15)8-14(18)7-12/h6-8,10-11,16,18H,3-5,9H2,1-2H3. The molecule has 0 aliphatic carbocycles. The van der Waals surface area contributed by atoms with E-state index in [1.165, 1.54) is 25.3 Å². The molecule has 0 aromatic heterocycles. The minimum absolute atomic E-state index is 0.0217. The van der Waals surface area contributed by atoms with Gasteiger partial charge in [-0.05, 0) is 44.4 Å². The Bertz CT molecular complexity index is 381. The summed E-state index contributed by atoms with van der Waals surface area (Å²) < 4.78 is 13.1. The number of piperidine rings is 1. The molecule has 3 nitrogen and oxygen atoms in total. The Morgan fingerprint density at radius 2 is 1.94 bits per heavy atom. The van der Waals surface area contributed by atoms with Crippen LogP contribution in [0.5, 0.6) is 5.75 Å². The maximum atomic E-state index is 13.1. The highest BCUT2D eigenvalue weighted by Gasteiger charge is 2.24. The molecule has 100 valence electrons. The van der Waals surface area contributed by atoms with Crippen LogP contribution < -0.4 is 5.43 Å². The molecule has 1 heterocycles. The van der Waals surface area contributed by atoms with Crippen LogP contribution in [0.4, 0.5) is 4.39 Å². The Morgan fingerprint density at radius 1 is 1.28 bits per heavy atom. The average Bonchev–Trinajstić information content (AvgIpc) is 2.27. The molecule has 1 saturated heterocycles. The van der Waals surface area contributed by atoms with E-state index >= 15 is 0 Å². The van der Waals surface area contributed by atoms with Gasteiger partial charge in [-0.15, -0.1) is 0 Å². The summed E-state index contributed by atoms with van der Waals surface area (Å²) in [4.78, 5) is 0. The summed E-state index contributed by atoms with van der Waals surface area (Å²) in [5.41, 5.74) is 4.11. The van der Waals surface area contributed by atoms with Gasteiger partial charge >= 0.3 is 0 Å². The third-order valence-electron chi connectivity index (χ3n) is 3.60. The number of nitrogens with one attached hydrogen (secondary N) is 1. The molecule has 0 saturated carbocycles. The van der Waals surface area contributed by atoms with E-state index in [-0.39, 0.29) is 5.75 Å². The van der Waals surface area contributed by atoms with Crippen molar-refractivity contribution in [2.45, 2.75) is 51.7 Å². The first-order chi connectivity index (χ1) is 8.56. The highest BCUT2D eigenvalue weighted by molar-refractivity contribution is 5.28. The van der Waals surface area contributed by atoms with Crippen LogP contribution in [0.3, 0.4) is 0 Å². The van der Waals surface area contributed by atoms with Crippen molar-refractivity contribution >= 4 is 0 Å². The zero-order valence-electron chi connectivity index (χ0n) is 11.0. The number of nitrogens with zero attached hydrogens (tertiary/aromatic N) is 1. The fraction of sp³-hybridized carbons (Fsp3) is 0.571. The van der Waals surface area contributed by atoms with Crippen molar-refractivity contribution in [2.24, 2.45) is 0 Å². The number of benzene rings is 1. The number of phenolic OH excluding ortho intramolecular Hbond substituents is 1. The molecule has 2 unspecified atom stereocenters. The van der Waals surface area contributed by atoms with Crippen LogP contribution in [-0.4, -0.2) is 22.2 Å². The molecular weight excluding hydrogens is 231 g/mol. The van der Waals surface area contributed by atoms with Crippen molar-refractivity contribution in [3.05, 3.63) is 29.6 Å². The highest BCUT2D eigenvalue weighted by atomic mass is 19.1. The summed E-state index contributed by atoms with van der Waals surface area (Å²) >= 11 is 0. The molecule has 1 aliphatic rings. The number of hydrogen-bond donors (Lipinski definition) is 2. The summed E-state index contributed by atoms with van der Waals surface area (Å²) in [6.45, 7) is 4.94. The summed E-state index contributed by atoms with van der Waals surface area (Å²) in [7, 11) is 0. The lowest BCUT2D eigenvalue weighted by atomic mass is 10.00. The lowest BCUT2D eigenvalue weighted by Crippen LogP contribution is -2.51. The van der Waals surface area contributed by atoms with E-state index in [2.05, 4.69) is 24.3 Å². The molecule has 0 amide bonds. The van der Waals surface area contributed by atoms with Crippen LogP contribution in [0, 0.1) is 5.82 Å². The first-order valence-corrected chi connectivity index (χ1v) is 6.56. The number of aromatic hydroxyl groups is 1. The van der Waals surface area contributed by atoms with Gasteiger partial charge in [0.1, 0.15) is 11.6 Å². The van der Waals surface area contributed by atoms with Gasteiger partial charge in [-0.2, -0.15) is 0 Å². The van der Waals surface area contributed by atoms with Crippen LogP contribution >= 0.6 is 0 Å². The normalized spacial score (nSPS) is 25.3. The Hall–Kier alpha value is -1.13. The second-order valence-electron chi connectivity index (χ2n) is 5.19. The molecule has 2 N–H and O–H groups in total. The van der Waals surface area contributed by atoms with Crippen molar-refractivity contribution in [1.29, 1.82) is 0 Å². The van der Waals surface area contributed by atoms with E-state index in [9.17, 15) is 9.50 Å². The van der Waals surface area contributed by atoms with Crippen molar-refractivity contribution in [3.63, 3.8) is 0 Å². The smallest absolute Gasteiger partial charge is 0.127 e. The highest BCUT2D eigenvalue weighted by Crippen LogP contribution is 2.21. The largest absolute Gasteiger partial charge is 0.508 e. The van der Waals surface area contributed by atoms with Gasteiger partial charge in [0, 0.05) is 24.7 Å². The number of halogens is 1. The Morgan fingerprint density at radius 3 is 2.56 bits per heavy atom. The molecule has 18 heavy (non-hydrogen) atoms. The van der Waals surface area contributed by atoms with Gasteiger partial charge in [0.15, 0.2) is 0 Å². The fourth-order valence-corrected chi connectivity index (χ4v) is 2.65. The first-order valence-electron chi connectivity index (χ1n) is 6.56. The lowest BCUT2D eigenvalue weighted by Gasteiger charge is -2.39. The third kappa shape index (κ3) is 3.21. The second kappa shape index (κ2) is 5.67. The molecule has 1 aromatic carbocycles. The molecule has 0 bridgehead atoms. The summed E-state index contributed by atoms with van der Waals surface area (Å²) in [6.07, 6.45) is 3.64. The van der Waals surface area contributed by atoms with E-state index in [4.69, 9.17) is 0 Å². The second-order valence-corrected chi connectivity index (χ2v) is 5.19. The molecule has 2 atom stereocenters. The minimum atomic E-state index is -0.397. The zero-order chi connectivity index (χ0) is 13.1. The van der Waals surface area contributed by atoms with Crippen LogP contribution in [-0.2, 0) is 6.54 Å². The van der Waals surface area contributed by atoms with Gasteiger partial charge < -0.3 is 5.11 Å². The van der Waals surface area contributed by atoms with Gasteiger partial charge in [0.25, 0.3) is 0 Å². The van der Waals surface area contributed by atoms with E-state index in [1.54, 1.807) is 6.07 Å². The summed E-state index contributed by atoms with van der Waals surface area (Å²) in [5.74, 6) is -0.418. The predicted octanol–water partition coefficient (Wildman–Crippen LogP) is 2.80. The Kier molecular flexibility index (Phi) is 4.19. The number of rotatable bonds is 3. The minimum Gasteiger partial charge on any atom is -0.508 e. The van der Waals surface area contributed by atoms with E-state index in [0.29, 0.717) is 18.6 Å². The maximum Gasteiger partial charge on any atom is 0.127 e. The average molecular weight is 252 g/mol. The van der Waals surface area contributed by atoms with Gasteiger partial charge in [0.2, 0.25) is 0 Å². The molecule has 0 radical (unpaired) electrons. The van der Waals surface area contributed by atoms with Gasteiger partial charge in [0.05, 0.1) is 0 Å².